The lowest BCUT2D eigenvalue weighted by Crippen LogP contribution is -2.39. The molecule has 1 nitrogen and oxygen atoms in total. The first-order chi connectivity index (χ1) is 10.9. The van der Waals surface area contributed by atoms with E-state index in [4.69, 9.17) is 0 Å². The molecule has 0 heterocycles. The van der Waals surface area contributed by atoms with Crippen LogP contribution in [0.1, 0.15) is 0 Å². The van der Waals surface area contributed by atoms with Crippen LogP contribution in [0.2, 0.25) is 0 Å². The maximum absolute atomic E-state index is 10.8. The maximum atomic E-state index is 10.8. The molecule has 12 fully saturated rings. The lowest BCUT2D eigenvalue weighted by atomic mass is 9.67. The fourth-order valence-corrected chi connectivity index (χ4v) is 16.0. The van der Waals surface area contributed by atoms with Gasteiger partial charge in [-0.3, -0.25) is 0 Å². The molecule has 12 unspecified atom stereocenters. The highest BCUT2D eigenvalue weighted by Gasteiger charge is 3.01. The quantitative estimate of drug-likeness (QED) is 0.781. The third-order valence-corrected chi connectivity index (χ3v) is 14.0. The lowest BCUT2D eigenvalue weighted by Gasteiger charge is -2.38. The third kappa shape index (κ3) is 0.431. The van der Waals surface area contributed by atoms with Gasteiger partial charge in [0.2, 0.25) is 0 Å². The van der Waals surface area contributed by atoms with Crippen LogP contribution < -0.4 is 0 Å². The van der Waals surface area contributed by atoms with Gasteiger partial charge in [-0.1, -0.05) is 0 Å². The molecule has 0 amide bonds. The highest BCUT2D eigenvalue weighted by molar-refractivity contribution is 5.47. The Bertz CT molecular complexity index is 626. The van der Waals surface area contributed by atoms with E-state index >= 15 is 0 Å². The molecule has 0 aromatic carbocycles. The van der Waals surface area contributed by atoms with Crippen LogP contribution in [0.5, 0.6) is 0 Å². The average molecular weight is 290 g/mol. The van der Waals surface area contributed by atoms with E-state index in [1.54, 1.807) is 0 Å². The fraction of sp³-hybridized carbons (Fsp3) is 1.00. The number of hydrogen-bond donors (Lipinski definition) is 1. The topological polar surface area (TPSA) is 20.2 Å². The Labute approximate surface area is 130 Å². The van der Waals surface area contributed by atoms with E-state index in [2.05, 4.69) is 0 Å². The van der Waals surface area contributed by atoms with Crippen molar-refractivity contribution in [2.24, 2.45) is 118 Å². The van der Waals surface area contributed by atoms with Crippen LogP contribution in [0.25, 0.3) is 0 Å². The van der Waals surface area contributed by atoms with E-state index in [9.17, 15) is 5.11 Å². The van der Waals surface area contributed by atoms with Gasteiger partial charge in [0.1, 0.15) is 0 Å². The van der Waals surface area contributed by atoms with E-state index in [0.717, 1.165) is 53.3 Å². The SMILES string of the molecule is OCC12C3C4C5C6C7C8C5C3C3C8C5C7C7C6C4C1C7C5C32. The lowest BCUT2D eigenvalue weighted by molar-refractivity contribution is 0.0163. The van der Waals surface area contributed by atoms with Gasteiger partial charge in [-0.05, 0) is 112 Å². The van der Waals surface area contributed by atoms with Gasteiger partial charge in [0.05, 0.1) is 0 Å². The monoisotopic (exact) mass is 290 g/mol. The summed E-state index contributed by atoms with van der Waals surface area (Å²) in [5.74, 6) is 22.2. The van der Waals surface area contributed by atoms with Gasteiger partial charge in [-0.25, -0.2) is 0 Å². The average Bonchev–Trinajstić information content (AvgIpc) is 3.18. The van der Waals surface area contributed by atoms with Gasteiger partial charge in [-0.2, -0.15) is 0 Å². The molecule has 0 bridgehead atoms. The second-order valence-electron chi connectivity index (χ2n) is 12.1. The molecule has 12 atom stereocenters. The number of hydrogen-bond acceptors (Lipinski definition) is 1. The van der Waals surface area contributed by atoms with Crippen LogP contribution in [0.4, 0.5) is 0 Å². The smallest absolute Gasteiger partial charge is 0.0496 e. The third-order valence-electron chi connectivity index (χ3n) is 14.0. The van der Waals surface area contributed by atoms with Gasteiger partial charge in [0, 0.05) is 12.0 Å². The highest BCUT2D eigenvalue weighted by Crippen LogP contribution is 3.04. The summed E-state index contributed by atoms with van der Waals surface area (Å²) in [4.78, 5) is 0. The zero-order valence-corrected chi connectivity index (χ0v) is 12.6. The van der Waals surface area contributed by atoms with E-state index < -0.39 is 0 Å². The summed E-state index contributed by atoms with van der Waals surface area (Å²) >= 11 is 0. The highest BCUT2D eigenvalue weighted by atomic mass is 16.3. The Kier molecular flexibility index (Phi) is 0.876. The summed E-state index contributed by atoms with van der Waals surface area (Å²) < 4.78 is 0. The van der Waals surface area contributed by atoms with Crippen LogP contribution in [0.3, 0.4) is 0 Å². The van der Waals surface area contributed by atoms with Crippen molar-refractivity contribution in [1.29, 1.82) is 0 Å². The second kappa shape index (κ2) is 2.04. The summed E-state index contributed by atoms with van der Waals surface area (Å²) in [6.07, 6.45) is 0. The first-order valence-corrected chi connectivity index (χ1v) is 10.5. The maximum Gasteiger partial charge on any atom is 0.0496 e. The van der Waals surface area contributed by atoms with Crippen molar-refractivity contribution in [3.63, 3.8) is 0 Å². The van der Waals surface area contributed by atoms with E-state index in [1.165, 1.54) is 59.2 Å². The van der Waals surface area contributed by atoms with Crippen LogP contribution in [0.15, 0.2) is 0 Å². The van der Waals surface area contributed by atoms with Crippen molar-refractivity contribution in [3.05, 3.63) is 0 Å². The minimum absolute atomic E-state index is 0.498. The first-order valence-electron chi connectivity index (χ1n) is 10.5. The van der Waals surface area contributed by atoms with Gasteiger partial charge in [0.25, 0.3) is 0 Å². The Hall–Kier alpha value is -0.0400. The fourth-order valence-electron chi connectivity index (χ4n) is 16.0. The van der Waals surface area contributed by atoms with Crippen molar-refractivity contribution >= 4 is 0 Å². The van der Waals surface area contributed by atoms with Crippen LogP contribution >= 0.6 is 0 Å². The molecule has 12 aliphatic carbocycles. The second-order valence-corrected chi connectivity index (χ2v) is 12.1. The van der Waals surface area contributed by atoms with Crippen molar-refractivity contribution < 1.29 is 5.11 Å². The molecular weight excluding hydrogens is 268 g/mol. The molecule has 1 N–H and O–H groups in total. The Morgan fingerprint density at radius 3 is 0.864 bits per heavy atom. The number of aliphatic hydroxyl groups excluding tert-OH is 1. The Balaban J connectivity index is 1.46. The molecule has 12 rings (SSSR count). The molecule has 0 spiro atoms. The number of rotatable bonds is 1. The van der Waals surface area contributed by atoms with Crippen molar-refractivity contribution in [2.45, 2.75) is 0 Å². The van der Waals surface area contributed by atoms with Crippen molar-refractivity contribution in [2.75, 3.05) is 6.61 Å². The van der Waals surface area contributed by atoms with E-state index in [1.807, 2.05) is 0 Å². The van der Waals surface area contributed by atoms with Gasteiger partial charge < -0.3 is 5.11 Å². The summed E-state index contributed by atoms with van der Waals surface area (Å²) in [6.45, 7) is 0.613. The molecule has 112 valence electrons. The predicted molar refractivity (Wildman–Crippen MR) is 75.8 cm³/mol. The van der Waals surface area contributed by atoms with Gasteiger partial charge >= 0.3 is 0 Å². The van der Waals surface area contributed by atoms with Gasteiger partial charge in [-0.15, -0.1) is 0 Å². The molecular formula is C21H22O. The molecule has 22 heavy (non-hydrogen) atoms. The van der Waals surface area contributed by atoms with Crippen LogP contribution in [0, 0.1) is 118 Å². The molecule has 12 aliphatic rings. The zero-order chi connectivity index (χ0) is 13.2. The molecule has 0 aliphatic heterocycles. The largest absolute Gasteiger partial charge is 0.396 e. The molecule has 0 aromatic rings. The molecule has 12 saturated carbocycles. The van der Waals surface area contributed by atoms with Crippen LogP contribution in [-0.4, -0.2) is 11.7 Å². The Morgan fingerprint density at radius 2 is 0.636 bits per heavy atom. The molecule has 0 aromatic heterocycles. The summed E-state index contributed by atoms with van der Waals surface area (Å²) in [7, 11) is 0. The minimum Gasteiger partial charge on any atom is -0.396 e. The summed E-state index contributed by atoms with van der Waals surface area (Å²) in [5.41, 5.74) is 0.498. The summed E-state index contributed by atoms with van der Waals surface area (Å²) in [6, 6.07) is 0. The molecule has 1 heteroatoms. The normalized spacial score (nSPS) is 103. The standard InChI is InChI=1S/C21H22O/c22-1-21-18-12-6-3-2-4-8(6)14(18)16-10(4)11-5(2)9-7(3)13(12)19(21)15(9)17(11)20(16)21/h2-20,22H,1H2. The van der Waals surface area contributed by atoms with Gasteiger partial charge in [0.15, 0.2) is 0 Å². The van der Waals surface area contributed by atoms with E-state index in [0.29, 0.717) is 12.0 Å². The Morgan fingerprint density at radius 1 is 0.409 bits per heavy atom. The summed E-state index contributed by atoms with van der Waals surface area (Å²) in [5, 5.41) is 10.8. The number of aliphatic hydroxyl groups is 1. The predicted octanol–water partition coefficient (Wildman–Crippen LogP) is 1.82. The van der Waals surface area contributed by atoms with Crippen molar-refractivity contribution in [1.82, 2.24) is 0 Å². The van der Waals surface area contributed by atoms with E-state index in [-0.39, 0.29) is 0 Å². The van der Waals surface area contributed by atoms with Crippen LogP contribution in [-0.2, 0) is 0 Å². The molecule has 0 saturated heterocycles. The minimum atomic E-state index is 0.498. The first kappa shape index (κ1) is 9.44. The molecule has 0 radical (unpaired) electrons. The van der Waals surface area contributed by atoms with Crippen molar-refractivity contribution in [3.8, 4) is 0 Å². The zero-order valence-electron chi connectivity index (χ0n) is 12.6.